The molecule has 0 radical (unpaired) electrons. The molecule has 0 fully saturated rings. The number of aromatic nitrogens is 2. The lowest BCUT2D eigenvalue weighted by Crippen LogP contribution is -2.04. The lowest BCUT2D eigenvalue weighted by Gasteiger charge is -2.09. The summed E-state index contributed by atoms with van der Waals surface area (Å²) in [6.45, 7) is 0. The van der Waals surface area contributed by atoms with Crippen molar-refractivity contribution in [1.82, 2.24) is 9.78 Å². The first-order valence-corrected chi connectivity index (χ1v) is 6.06. The van der Waals surface area contributed by atoms with Crippen molar-refractivity contribution in [3.63, 3.8) is 0 Å². The average molecular weight is 268 g/mol. The average Bonchev–Trinajstić information content (AvgIpc) is 3.18. The minimum Gasteiger partial charge on any atom is -0.465 e. The Balaban J connectivity index is 2.18. The molecule has 100 valence electrons. The second-order valence-corrected chi connectivity index (χ2v) is 4.15. The van der Waals surface area contributed by atoms with E-state index in [1.807, 2.05) is 24.4 Å². The molecule has 0 bridgehead atoms. The normalized spacial score (nSPS) is 10.4. The number of benzene rings is 1. The Bertz CT molecular complexity index is 716. The SMILES string of the molecule is COC(=O)c1ccc(-n2cccn2)c(-c2ccco2)c1. The van der Waals surface area contributed by atoms with Crippen molar-refractivity contribution >= 4 is 5.97 Å². The maximum atomic E-state index is 11.7. The molecule has 0 aliphatic heterocycles. The zero-order valence-corrected chi connectivity index (χ0v) is 10.8. The fourth-order valence-electron chi connectivity index (χ4n) is 2.02. The van der Waals surface area contributed by atoms with Gasteiger partial charge < -0.3 is 9.15 Å². The van der Waals surface area contributed by atoms with E-state index in [0.29, 0.717) is 11.3 Å². The van der Waals surface area contributed by atoms with Crippen LogP contribution in [-0.4, -0.2) is 22.9 Å². The van der Waals surface area contributed by atoms with Gasteiger partial charge in [0, 0.05) is 18.0 Å². The monoisotopic (exact) mass is 268 g/mol. The van der Waals surface area contributed by atoms with Crippen LogP contribution < -0.4 is 0 Å². The highest BCUT2D eigenvalue weighted by Gasteiger charge is 2.14. The van der Waals surface area contributed by atoms with Crippen LogP contribution in [0, 0.1) is 0 Å². The van der Waals surface area contributed by atoms with Gasteiger partial charge in [-0.2, -0.15) is 5.10 Å². The van der Waals surface area contributed by atoms with Crippen LogP contribution >= 0.6 is 0 Å². The summed E-state index contributed by atoms with van der Waals surface area (Å²) in [7, 11) is 1.36. The van der Waals surface area contributed by atoms with Gasteiger partial charge in [-0.05, 0) is 36.4 Å². The number of hydrogen-bond donors (Lipinski definition) is 0. The van der Waals surface area contributed by atoms with E-state index in [1.54, 1.807) is 35.3 Å². The number of carbonyl (C=O) groups excluding carboxylic acids is 1. The maximum absolute atomic E-state index is 11.7. The molecule has 5 heteroatoms. The van der Waals surface area contributed by atoms with E-state index >= 15 is 0 Å². The second-order valence-electron chi connectivity index (χ2n) is 4.15. The van der Waals surface area contributed by atoms with Gasteiger partial charge in [0.15, 0.2) is 0 Å². The molecule has 20 heavy (non-hydrogen) atoms. The summed E-state index contributed by atoms with van der Waals surface area (Å²) >= 11 is 0. The second kappa shape index (κ2) is 5.05. The summed E-state index contributed by atoms with van der Waals surface area (Å²) in [5.74, 6) is 0.283. The van der Waals surface area contributed by atoms with Gasteiger partial charge in [0.25, 0.3) is 0 Å². The predicted molar refractivity (Wildman–Crippen MR) is 72.6 cm³/mol. The maximum Gasteiger partial charge on any atom is 0.337 e. The summed E-state index contributed by atoms with van der Waals surface area (Å²) < 4.78 is 11.9. The third-order valence-electron chi connectivity index (χ3n) is 2.96. The van der Waals surface area contributed by atoms with Crippen LogP contribution in [0.1, 0.15) is 10.4 Å². The quantitative estimate of drug-likeness (QED) is 0.685. The Morgan fingerprint density at radius 2 is 2.20 bits per heavy atom. The van der Waals surface area contributed by atoms with Crippen LogP contribution in [0.15, 0.2) is 59.5 Å². The number of hydrogen-bond acceptors (Lipinski definition) is 4. The number of rotatable bonds is 3. The zero-order valence-electron chi connectivity index (χ0n) is 10.8. The fraction of sp³-hybridized carbons (Fsp3) is 0.0667. The van der Waals surface area contributed by atoms with Gasteiger partial charge >= 0.3 is 5.97 Å². The van der Waals surface area contributed by atoms with E-state index in [-0.39, 0.29) is 5.97 Å². The molecule has 2 heterocycles. The van der Waals surface area contributed by atoms with E-state index in [1.165, 1.54) is 7.11 Å². The first-order chi connectivity index (χ1) is 9.79. The molecule has 0 saturated carbocycles. The van der Waals surface area contributed by atoms with E-state index in [0.717, 1.165) is 11.3 Å². The predicted octanol–water partition coefficient (Wildman–Crippen LogP) is 2.92. The fourth-order valence-corrected chi connectivity index (χ4v) is 2.02. The molecule has 0 unspecified atom stereocenters. The molecule has 5 nitrogen and oxygen atoms in total. The summed E-state index contributed by atoms with van der Waals surface area (Å²) in [6, 6.07) is 10.7. The van der Waals surface area contributed by atoms with Gasteiger partial charge in [-0.15, -0.1) is 0 Å². The molecule has 0 atom stereocenters. The Kier molecular flexibility index (Phi) is 3.09. The van der Waals surface area contributed by atoms with Crippen LogP contribution in [0.4, 0.5) is 0 Å². The summed E-state index contributed by atoms with van der Waals surface area (Å²) in [6.07, 6.45) is 5.12. The molecule has 0 aliphatic rings. The Morgan fingerprint density at radius 3 is 2.85 bits per heavy atom. The van der Waals surface area contributed by atoms with E-state index < -0.39 is 0 Å². The summed E-state index contributed by atoms with van der Waals surface area (Å²) in [5.41, 5.74) is 2.08. The minimum absolute atomic E-state index is 0.384. The first-order valence-electron chi connectivity index (χ1n) is 6.06. The zero-order chi connectivity index (χ0) is 13.9. The van der Waals surface area contributed by atoms with Gasteiger partial charge in [-0.25, -0.2) is 9.48 Å². The molecule has 0 aliphatic carbocycles. The number of methoxy groups -OCH3 is 1. The van der Waals surface area contributed by atoms with E-state index in [9.17, 15) is 4.79 Å². The van der Waals surface area contributed by atoms with Crippen LogP contribution in [0.3, 0.4) is 0 Å². The summed E-state index contributed by atoms with van der Waals surface area (Å²) in [5, 5.41) is 4.21. The van der Waals surface area contributed by atoms with Crippen LogP contribution in [0.2, 0.25) is 0 Å². The standard InChI is InChI=1S/C15H12N2O3/c1-19-15(18)11-5-6-13(17-8-3-7-16-17)12(10-11)14-4-2-9-20-14/h2-10H,1H3. The van der Waals surface area contributed by atoms with Gasteiger partial charge in [-0.1, -0.05) is 0 Å². The van der Waals surface area contributed by atoms with Crippen molar-refractivity contribution < 1.29 is 13.9 Å². The van der Waals surface area contributed by atoms with Crippen molar-refractivity contribution in [2.24, 2.45) is 0 Å². The van der Waals surface area contributed by atoms with E-state index in [2.05, 4.69) is 5.10 Å². The Hall–Kier alpha value is -2.82. The molecule has 0 spiro atoms. The van der Waals surface area contributed by atoms with Crippen LogP contribution in [0.5, 0.6) is 0 Å². The topological polar surface area (TPSA) is 57.3 Å². The van der Waals surface area contributed by atoms with Crippen molar-refractivity contribution in [1.29, 1.82) is 0 Å². The number of furan rings is 1. The third kappa shape index (κ3) is 2.09. The number of ether oxygens (including phenoxy) is 1. The molecule has 0 saturated heterocycles. The largest absolute Gasteiger partial charge is 0.465 e. The minimum atomic E-state index is -0.384. The molecule has 1 aromatic carbocycles. The highest BCUT2D eigenvalue weighted by Crippen LogP contribution is 2.28. The molecule has 0 N–H and O–H groups in total. The lowest BCUT2D eigenvalue weighted by atomic mass is 10.1. The molecule has 3 rings (SSSR count). The van der Waals surface area contributed by atoms with Gasteiger partial charge in [0.1, 0.15) is 5.76 Å². The number of nitrogens with zero attached hydrogens (tertiary/aromatic N) is 2. The smallest absolute Gasteiger partial charge is 0.337 e. The molecule has 3 aromatic rings. The van der Waals surface area contributed by atoms with E-state index in [4.69, 9.17) is 9.15 Å². The van der Waals surface area contributed by atoms with Crippen molar-refractivity contribution in [3.05, 3.63) is 60.6 Å². The summed E-state index contributed by atoms with van der Waals surface area (Å²) in [4.78, 5) is 11.7. The number of esters is 1. The number of carbonyl (C=O) groups is 1. The van der Waals surface area contributed by atoms with Gasteiger partial charge in [-0.3, -0.25) is 0 Å². The third-order valence-corrected chi connectivity index (χ3v) is 2.96. The van der Waals surface area contributed by atoms with Gasteiger partial charge in [0.05, 0.1) is 24.6 Å². The Morgan fingerprint density at radius 1 is 1.30 bits per heavy atom. The van der Waals surface area contributed by atoms with Crippen molar-refractivity contribution in [2.45, 2.75) is 0 Å². The van der Waals surface area contributed by atoms with Crippen LogP contribution in [0.25, 0.3) is 17.0 Å². The molecule has 2 aromatic heterocycles. The van der Waals surface area contributed by atoms with Gasteiger partial charge in [0.2, 0.25) is 0 Å². The van der Waals surface area contributed by atoms with Crippen LogP contribution in [-0.2, 0) is 4.74 Å². The van der Waals surface area contributed by atoms with Crippen molar-refractivity contribution in [3.8, 4) is 17.0 Å². The highest BCUT2D eigenvalue weighted by molar-refractivity contribution is 5.91. The molecular weight excluding hydrogens is 256 g/mol. The molecule has 0 amide bonds. The Labute approximate surface area is 115 Å². The lowest BCUT2D eigenvalue weighted by molar-refractivity contribution is 0.0601. The molecular formula is C15H12N2O3. The first kappa shape index (κ1) is 12.2. The van der Waals surface area contributed by atoms with Crippen molar-refractivity contribution in [2.75, 3.05) is 7.11 Å². The highest BCUT2D eigenvalue weighted by atomic mass is 16.5.